The molecule has 1 aliphatic heterocycles. The average molecular weight is 322 g/mol. The predicted octanol–water partition coefficient (Wildman–Crippen LogP) is 2.53. The normalized spacial score (nSPS) is 18.6. The fourth-order valence-corrected chi connectivity index (χ4v) is 3.71. The van der Waals surface area contributed by atoms with Crippen molar-refractivity contribution in [1.82, 2.24) is 0 Å². The number of sulfone groups is 1. The first kappa shape index (κ1) is 16.3. The van der Waals surface area contributed by atoms with Crippen LogP contribution in [-0.2, 0) is 14.6 Å². The van der Waals surface area contributed by atoms with E-state index in [2.05, 4.69) is 10.0 Å². The van der Waals surface area contributed by atoms with Crippen molar-refractivity contribution in [2.24, 2.45) is 11.0 Å². The molecule has 1 amide bonds. The molecule has 0 N–H and O–H groups in total. The summed E-state index contributed by atoms with van der Waals surface area (Å²) in [6.07, 6.45) is 0.259. The molecule has 2 rings (SSSR count). The molecule has 0 aliphatic carbocycles. The van der Waals surface area contributed by atoms with Gasteiger partial charge in [0.2, 0.25) is 5.91 Å². The van der Waals surface area contributed by atoms with E-state index in [-0.39, 0.29) is 29.7 Å². The molecular formula is C14H18N4O3S. The zero-order valence-corrected chi connectivity index (χ0v) is 13.3. The number of nitrogens with zero attached hydrogens (tertiary/aromatic N) is 4. The van der Waals surface area contributed by atoms with Crippen molar-refractivity contribution in [2.45, 2.75) is 30.4 Å². The van der Waals surface area contributed by atoms with Gasteiger partial charge in [0, 0.05) is 24.4 Å². The van der Waals surface area contributed by atoms with Crippen LogP contribution >= 0.6 is 0 Å². The Morgan fingerprint density at radius 1 is 1.41 bits per heavy atom. The second-order valence-corrected chi connectivity index (χ2v) is 8.02. The van der Waals surface area contributed by atoms with Crippen LogP contribution in [-0.4, -0.2) is 32.7 Å². The molecule has 8 heteroatoms. The zero-order valence-electron chi connectivity index (χ0n) is 12.5. The van der Waals surface area contributed by atoms with Crippen LogP contribution in [0.15, 0.2) is 34.3 Å². The highest BCUT2D eigenvalue weighted by atomic mass is 32.2. The number of benzene rings is 1. The number of amides is 1. The van der Waals surface area contributed by atoms with Crippen molar-refractivity contribution in [2.75, 3.05) is 18.0 Å². The highest BCUT2D eigenvalue weighted by Crippen LogP contribution is 2.32. The predicted molar refractivity (Wildman–Crippen MR) is 83.2 cm³/mol. The van der Waals surface area contributed by atoms with E-state index in [1.165, 1.54) is 11.0 Å². The molecule has 1 aromatic carbocycles. The summed E-state index contributed by atoms with van der Waals surface area (Å²) in [4.78, 5) is 16.5. The van der Waals surface area contributed by atoms with Gasteiger partial charge in [0.25, 0.3) is 0 Å². The lowest BCUT2D eigenvalue weighted by atomic mass is 10.1. The van der Waals surface area contributed by atoms with Gasteiger partial charge in [0.15, 0.2) is 9.84 Å². The van der Waals surface area contributed by atoms with E-state index in [1.54, 1.807) is 32.0 Å². The third-order valence-electron chi connectivity index (χ3n) is 3.69. The van der Waals surface area contributed by atoms with Crippen molar-refractivity contribution < 1.29 is 13.2 Å². The molecule has 1 heterocycles. The molecule has 7 nitrogen and oxygen atoms in total. The largest absolute Gasteiger partial charge is 0.311 e. The van der Waals surface area contributed by atoms with Gasteiger partial charge in [-0.3, -0.25) is 4.79 Å². The molecule has 1 atom stereocenters. The standard InChI is InChI=1S/C14H18N4O3S/c1-10(2)22(20,21)13-6-4-3-5-12(13)18-9-11(7-14(18)19)8-16-17-15/h3-6,10-11H,7-9H2,1-2H3. The van der Waals surface area contributed by atoms with Crippen LogP contribution in [0.1, 0.15) is 20.3 Å². The SMILES string of the molecule is CC(C)S(=O)(=O)c1ccccc1N1CC(CN=[N+]=[N-])CC1=O. The van der Waals surface area contributed by atoms with Crippen molar-refractivity contribution in [3.63, 3.8) is 0 Å². The molecule has 0 bridgehead atoms. The van der Waals surface area contributed by atoms with Crippen LogP contribution in [0.3, 0.4) is 0 Å². The third-order valence-corrected chi connectivity index (χ3v) is 5.89. The molecule has 0 spiro atoms. The summed E-state index contributed by atoms with van der Waals surface area (Å²) in [6.45, 7) is 3.82. The Labute approximate surface area is 129 Å². The Hall–Kier alpha value is -2.05. The van der Waals surface area contributed by atoms with Crippen LogP contribution in [0.2, 0.25) is 0 Å². The lowest BCUT2D eigenvalue weighted by Crippen LogP contribution is -2.27. The molecule has 0 saturated carbocycles. The summed E-state index contributed by atoms with van der Waals surface area (Å²) in [7, 11) is -3.48. The summed E-state index contributed by atoms with van der Waals surface area (Å²) in [5, 5.41) is 2.93. The lowest BCUT2D eigenvalue weighted by Gasteiger charge is -2.21. The van der Waals surface area contributed by atoms with Gasteiger partial charge < -0.3 is 4.90 Å². The number of anilines is 1. The Bertz CT molecular complexity index is 723. The monoisotopic (exact) mass is 322 g/mol. The van der Waals surface area contributed by atoms with Gasteiger partial charge in [-0.15, -0.1) is 0 Å². The first-order valence-corrected chi connectivity index (χ1v) is 8.56. The first-order valence-electron chi connectivity index (χ1n) is 7.02. The molecule has 118 valence electrons. The molecule has 0 aromatic heterocycles. The molecule has 1 unspecified atom stereocenters. The molecule has 1 aliphatic rings. The first-order chi connectivity index (χ1) is 10.4. The van der Waals surface area contributed by atoms with Crippen molar-refractivity contribution in [3.8, 4) is 0 Å². The van der Waals surface area contributed by atoms with E-state index < -0.39 is 15.1 Å². The van der Waals surface area contributed by atoms with Crippen LogP contribution < -0.4 is 4.90 Å². The topological polar surface area (TPSA) is 103 Å². The van der Waals surface area contributed by atoms with Gasteiger partial charge in [-0.1, -0.05) is 17.2 Å². The van der Waals surface area contributed by atoms with Crippen LogP contribution in [0.5, 0.6) is 0 Å². The highest BCUT2D eigenvalue weighted by Gasteiger charge is 2.34. The van der Waals surface area contributed by atoms with E-state index >= 15 is 0 Å². The highest BCUT2D eigenvalue weighted by molar-refractivity contribution is 7.92. The van der Waals surface area contributed by atoms with Gasteiger partial charge in [0.05, 0.1) is 15.8 Å². The molecule has 0 radical (unpaired) electrons. The van der Waals surface area contributed by atoms with Gasteiger partial charge >= 0.3 is 0 Å². The summed E-state index contributed by atoms with van der Waals surface area (Å²) in [5.41, 5.74) is 8.77. The maximum atomic E-state index is 12.5. The van der Waals surface area contributed by atoms with E-state index in [0.717, 1.165) is 0 Å². The maximum absolute atomic E-state index is 12.5. The van der Waals surface area contributed by atoms with Gasteiger partial charge in [0.1, 0.15) is 0 Å². The molecule has 1 fully saturated rings. The van der Waals surface area contributed by atoms with E-state index in [1.807, 2.05) is 0 Å². The summed E-state index contributed by atoms with van der Waals surface area (Å²) < 4.78 is 24.9. The number of carbonyl (C=O) groups is 1. The summed E-state index contributed by atoms with van der Waals surface area (Å²) in [5.74, 6) is -0.234. The number of hydrogen-bond acceptors (Lipinski definition) is 4. The third kappa shape index (κ3) is 3.08. The van der Waals surface area contributed by atoms with Crippen molar-refractivity contribution in [1.29, 1.82) is 0 Å². The molecule has 1 aromatic rings. The second kappa shape index (κ2) is 6.37. The quantitative estimate of drug-likeness (QED) is 0.472. The summed E-state index contributed by atoms with van der Waals surface area (Å²) in [6, 6.07) is 6.53. The van der Waals surface area contributed by atoms with Crippen molar-refractivity contribution in [3.05, 3.63) is 34.7 Å². The lowest BCUT2D eigenvalue weighted by molar-refractivity contribution is -0.117. The minimum atomic E-state index is -3.48. The van der Waals surface area contributed by atoms with Gasteiger partial charge in [-0.25, -0.2) is 8.42 Å². The van der Waals surface area contributed by atoms with Crippen LogP contribution in [0.4, 0.5) is 5.69 Å². The van der Waals surface area contributed by atoms with E-state index in [4.69, 9.17) is 5.53 Å². The Morgan fingerprint density at radius 3 is 2.73 bits per heavy atom. The van der Waals surface area contributed by atoms with Gasteiger partial charge in [-0.2, -0.15) is 0 Å². The van der Waals surface area contributed by atoms with E-state index in [9.17, 15) is 13.2 Å². The van der Waals surface area contributed by atoms with Gasteiger partial charge in [-0.05, 0) is 37.4 Å². The zero-order chi connectivity index (χ0) is 16.3. The molecular weight excluding hydrogens is 304 g/mol. The van der Waals surface area contributed by atoms with E-state index in [0.29, 0.717) is 12.2 Å². The van der Waals surface area contributed by atoms with Crippen molar-refractivity contribution >= 4 is 21.4 Å². The number of rotatable bonds is 5. The smallest absolute Gasteiger partial charge is 0.227 e. The molecule has 1 saturated heterocycles. The molecule has 22 heavy (non-hydrogen) atoms. The second-order valence-electron chi connectivity index (χ2n) is 5.55. The number of hydrogen-bond donors (Lipinski definition) is 0. The average Bonchev–Trinajstić information content (AvgIpc) is 2.85. The maximum Gasteiger partial charge on any atom is 0.227 e. The fourth-order valence-electron chi connectivity index (χ4n) is 2.46. The number of azide groups is 1. The Morgan fingerprint density at radius 2 is 2.09 bits per heavy atom. The minimum absolute atomic E-state index is 0.0850. The summed E-state index contributed by atoms with van der Waals surface area (Å²) >= 11 is 0. The van der Waals surface area contributed by atoms with Crippen LogP contribution in [0, 0.1) is 5.92 Å². The minimum Gasteiger partial charge on any atom is -0.311 e. The number of carbonyl (C=O) groups excluding carboxylic acids is 1. The van der Waals surface area contributed by atoms with Crippen LogP contribution in [0.25, 0.3) is 10.4 Å². The number of para-hydroxylation sites is 1. The fraction of sp³-hybridized carbons (Fsp3) is 0.500. The Balaban J connectivity index is 2.38. The Kier molecular flexibility index (Phi) is 4.73.